The summed E-state index contributed by atoms with van der Waals surface area (Å²) in [7, 11) is 0. The monoisotopic (exact) mass is 1320 g/mol. The SMILES string of the molecule is C=CC(=O)N1CCC[C@@H](n2nc(-c3ccc(Oc4ccccc4)cc3)c(C(N)=O)c2N)C1.C=CC(=O)N1CCC[C@@H](n2nc(-c3ccc(Oc4ccccc4)cc3)c3c(N)ncnc32)C1.CC#CC(=O)C1CC[C@@H](n2c(=O)n(-c3ccc(Oc4ccccc4)cc3)c3c(N)ncnc32)C1. The molecule has 0 radical (unpaired) electrons. The number of para-hydroxylation sites is 3. The van der Waals surface area contributed by atoms with E-state index in [0.29, 0.717) is 108 Å². The number of nitrogen functional groups attached to an aromatic ring is 3. The van der Waals surface area contributed by atoms with Crippen LogP contribution in [0.1, 0.15) is 80.4 Å². The fourth-order valence-corrected chi connectivity index (χ4v) is 12.8. The summed E-state index contributed by atoms with van der Waals surface area (Å²) in [6, 6.07) is 50.3. The first-order valence-corrected chi connectivity index (χ1v) is 32.4. The fraction of sp³-hybridized carbons (Fsp3) is 0.213. The number of imidazole rings is 1. The zero-order valence-electron chi connectivity index (χ0n) is 54.3. The van der Waals surface area contributed by atoms with E-state index in [9.17, 15) is 24.0 Å². The number of piperidine rings is 2. The van der Waals surface area contributed by atoms with Gasteiger partial charge in [0.15, 0.2) is 17.1 Å². The maximum absolute atomic E-state index is 13.7. The van der Waals surface area contributed by atoms with Gasteiger partial charge in [0.25, 0.3) is 5.91 Å². The Hall–Kier alpha value is -12.7. The topological polar surface area (TPSA) is 321 Å². The van der Waals surface area contributed by atoms with Crippen molar-refractivity contribution in [2.24, 2.45) is 11.7 Å². The number of hydrogen-bond acceptors (Lipinski definition) is 17. The summed E-state index contributed by atoms with van der Waals surface area (Å²) in [4.78, 5) is 83.1. The minimum absolute atomic E-state index is 0.00566. The Morgan fingerprint density at radius 1 is 0.545 bits per heavy atom. The van der Waals surface area contributed by atoms with E-state index >= 15 is 0 Å². The number of carbonyl (C=O) groups is 4. The summed E-state index contributed by atoms with van der Waals surface area (Å²) in [5.74, 6) is 9.23. The Balaban J connectivity index is 0.000000141. The number of nitrogens with zero attached hydrogens (tertiary/aromatic N) is 12. The molecule has 3 aliphatic rings. The Morgan fingerprint density at radius 2 is 1.01 bits per heavy atom. The number of likely N-dealkylation sites (tertiary alicyclic amines) is 2. The number of ether oxygens (including phenoxy) is 3. The Kier molecular flexibility index (Phi) is 20.1. The van der Waals surface area contributed by atoms with Crippen LogP contribution in [-0.4, -0.2) is 108 Å². The maximum atomic E-state index is 13.7. The number of Topliss-reactive ketones (excluding diaryl/α,β-unsaturated/α-hetero) is 1. The highest BCUT2D eigenvalue weighted by Gasteiger charge is 2.35. The number of hydrogen-bond donors (Lipinski definition) is 4. The van der Waals surface area contributed by atoms with Crippen LogP contribution in [0.25, 0.3) is 50.4 Å². The van der Waals surface area contributed by atoms with Crippen LogP contribution >= 0.6 is 0 Å². The second kappa shape index (κ2) is 30.0. The quantitative estimate of drug-likeness (QED) is 0.0397. The standard InChI is InChI=1S/C26H23N5O3.C25H24N6O2.C24H25N5O3/c1-2-6-22(32)17-9-10-19(15-17)31-25-23(24(27)28-16-29-25)30(26(31)33)18-11-13-21(14-12-18)34-20-7-4-3-5-8-20;1-2-21(32)30-14-6-7-18(15-30)31-25-22(24(26)27-16-28-25)23(29-31)17-10-12-20(13-11-17)33-19-8-4-3-5-9-19;1-2-20(30)28-14-6-7-17(15-28)29-23(25)21(24(26)31)22(27-29)16-10-12-19(13-11-16)32-18-8-4-3-5-9-18/h3-5,7-8,11-14,16-17,19H,9-10,15H2,1H3,(H2,27,28,29);2-5,8-13,16,18H,1,6-7,14-15H2,(H2,26,27,28);2-5,8-13,17H,1,6-7,14-15,25H2,(H2,26,31)/t17?,19-;18-;17-/m111/s1. The van der Waals surface area contributed by atoms with Gasteiger partial charge in [0, 0.05) is 49.3 Å². The van der Waals surface area contributed by atoms with Gasteiger partial charge in [-0.3, -0.25) is 28.3 Å². The minimum atomic E-state index is -0.650. The van der Waals surface area contributed by atoms with Gasteiger partial charge in [-0.05, 0) is 179 Å². The van der Waals surface area contributed by atoms with Crippen molar-refractivity contribution in [1.29, 1.82) is 0 Å². The number of amides is 3. The number of primary amides is 1. The van der Waals surface area contributed by atoms with Crippen molar-refractivity contribution in [3.8, 4) is 74.5 Å². The van der Waals surface area contributed by atoms with Crippen LogP contribution in [0.15, 0.2) is 207 Å². The number of ketones is 1. The van der Waals surface area contributed by atoms with Crippen molar-refractivity contribution in [2.75, 3.05) is 43.4 Å². The maximum Gasteiger partial charge on any atom is 0.335 e. The van der Waals surface area contributed by atoms with Crippen molar-refractivity contribution < 1.29 is 33.4 Å². The Bertz CT molecular complexity index is 4890. The molecule has 11 aromatic rings. The fourth-order valence-electron chi connectivity index (χ4n) is 12.8. The highest BCUT2D eigenvalue weighted by Crippen LogP contribution is 2.39. The molecule has 1 saturated carbocycles. The van der Waals surface area contributed by atoms with Gasteiger partial charge in [-0.2, -0.15) is 10.2 Å². The summed E-state index contributed by atoms with van der Waals surface area (Å²) < 4.78 is 24.3. The molecule has 8 N–H and O–H groups in total. The second-order valence-corrected chi connectivity index (χ2v) is 23.8. The van der Waals surface area contributed by atoms with E-state index in [-0.39, 0.29) is 64.5 Å². The van der Waals surface area contributed by atoms with E-state index in [1.807, 2.05) is 132 Å². The van der Waals surface area contributed by atoms with Gasteiger partial charge in [-0.15, -0.1) is 0 Å². The van der Waals surface area contributed by atoms with Gasteiger partial charge in [-0.1, -0.05) is 73.7 Å². The van der Waals surface area contributed by atoms with Gasteiger partial charge in [0.05, 0.1) is 23.2 Å². The zero-order valence-corrected chi connectivity index (χ0v) is 54.3. The molecule has 24 nitrogen and oxygen atoms in total. The van der Waals surface area contributed by atoms with Crippen molar-refractivity contribution >= 4 is 63.2 Å². The number of aromatic nitrogens is 10. The van der Waals surface area contributed by atoms with Gasteiger partial charge < -0.3 is 46.9 Å². The lowest BCUT2D eigenvalue weighted by Gasteiger charge is -2.32. The molecule has 0 spiro atoms. The molecule has 7 heterocycles. The summed E-state index contributed by atoms with van der Waals surface area (Å²) in [6.45, 7) is 11.2. The van der Waals surface area contributed by atoms with E-state index in [0.717, 1.165) is 54.2 Å². The molecule has 1 unspecified atom stereocenters. The third-order valence-corrected chi connectivity index (χ3v) is 17.5. The van der Waals surface area contributed by atoms with E-state index in [1.165, 1.54) is 29.4 Å². The van der Waals surface area contributed by atoms with Crippen LogP contribution in [0.2, 0.25) is 0 Å². The normalized spacial score (nSPS) is 16.4. The van der Waals surface area contributed by atoms with Crippen molar-refractivity contribution in [3.05, 3.63) is 218 Å². The highest BCUT2D eigenvalue weighted by molar-refractivity contribution is 6.03. The molecule has 4 atom stereocenters. The van der Waals surface area contributed by atoms with Crippen LogP contribution in [0.5, 0.6) is 34.5 Å². The number of nitrogens with two attached hydrogens (primary N) is 4. The molecule has 2 saturated heterocycles. The van der Waals surface area contributed by atoms with Crippen LogP contribution in [-0.2, 0) is 14.4 Å². The lowest BCUT2D eigenvalue weighted by Crippen LogP contribution is -2.40. The van der Waals surface area contributed by atoms with Gasteiger partial charge >= 0.3 is 5.69 Å². The minimum Gasteiger partial charge on any atom is -0.457 e. The molecule has 3 fully saturated rings. The predicted molar refractivity (Wildman–Crippen MR) is 378 cm³/mol. The third-order valence-electron chi connectivity index (χ3n) is 17.5. The number of carbonyl (C=O) groups excluding carboxylic acids is 4. The average molecular weight is 1330 g/mol. The van der Waals surface area contributed by atoms with Crippen molar-refractivity contribution in [3.63, 3.8) is 0 Å². The molecular formula is C75H72N16O8. The number of benzene rings is 6. The smallest absolute Gasteiger partial charge is 0.335 e. The lowest BCUT2D eigenvalue weighted by atomic mass is 10.0. The summed E-state index contributed by atoms with van der Waals surface area (Å²) in [6.07, 6.45) is 10.7. The van der Waals surface area contributed by atoms with Crippen LogP contribution in [0, 0.1) is 17.8 Å². The molecule has 5 aromatic heterocycles. The first-order chi connectivity index (χ1) is 48.2. The third kappa shape index (κ3) is 14.6. The van der Waals surface area contributed by atoms with Gasteiger partial charge in [0.2, 0.25) is 17.6 Å². The molecule has 24 heteroatoms. The molecule has 14 rings (SSSR count). The van der Waals surface area contributed by atoms with Crippen LogP contribution in [0.3, 0.4) is 0 Å². The Labute approximate surface area is 569 Å². The van der Waals surface area contributed by atoms with E-state index in [1.54, 1.807) is 62.4 Å². The van der Waals surface area contributed by atoms with E-state index < -0.39 is 5.91 Å². The van der Waals surface area contributed by atoms with E-state index in [4.69, 9.17) is 42.2 Å². The van der Waals surface area contributed by atoms with Crippen LogP contribution in [0.4, 0.5) is 17.5 Å². The molecule has 2 aliphatic heterocycles. The summed E-state index contributed by atoms with van der Waals surface area (Å²) in [5.41, 5.74) is 29.2. The highest BCUT2D eigenvalue weighted by atomic mass is 16.5. The Morgan fingerprint density at radius 3 is 1.52 bits per heavy atom. The molecule has 1 aliphatic carbocycles. The zero-order chi connectivity index (χ0) is 69.1. The lowest BCUT2D eigenvalue weighted by molar-refractivity contribution is -0.128. The number of rotatable bonds is 16. The van der Waals surface area contributed by atoms with Crippen molar-refractivity contribution in [1.82, 2.24) is 58.4 Å². The largest absolute Gasteiger partial charge is 0.457 e. The molecular weight excluding hydrogens is 1250 g/mol. The summed E-state index contributed by atoms with van der Waals surface area (Å²) in [5, 5.41) is 10.3. The van der Waals surface area contributed by atoms with Gasteiger partial charge in [-0.25, -0.2) is 34.1 Å². The molecule has 6 aromatic carbocycles. The molecule has 0 bridgehead atoms. The number of fused-ring (bicyclic) bond motifs is 2. The first-order valence-electron chi connectivity index (χ1n) is 32.4. The first kappa shape index (κ1) is 66.4. The number of anilines is 3. The van der Waals surface area contributed by atoms with Gasteiger partial charge in [0.1, 0.15) is 81.3 Å². The van der Waals surface area contributed by atoms with E-state index in [2.05, 4.69) is 50.0 Å². The van der Waals surface area contributed by atoms with Crippen molar-refractivity contribution in [2.45, 2.75) is 70.0 Å². The average Bonchev–Trinajstić information content (AvgIpc) is 1.60. The second-order valence-electron chi connectivity index (χ2n) is 23.8. The van der Waals surface area contributed by atoms with Crippen LogP contribution < -0.4 is 42.8 Å². The predicted octanol–water partition coefficient (Wildman–Crippen LogP) is 11.5. The molecule has 3 amide bonds. The summed E-state index contributed by atoms with van der Waals surface area (Å²) >= 11 is 0. The molecule has 500 valence electrons. The molecule has 99 heavy (non-hydrogen) atoms.